The molecule has 23 heavy (non-hydrogen) atoms. The number of nitrogens with one attached hydrogen (secondary N) is 1. The summed E-state index contributed by atoms with van der Waals surface area (Å²) < 4.78 is 47.5. The van der Waals surface area contributed by atoms with E-state index < -0.39 is 17.3 Å². The van der Waals surface area contributed by atoms with Crippen molar-refractivity contribution in [3.8, 4) is 11.5 Å². The largest absolute Gasteiger partial charge is 0.497 e. The highest BCUT2D eigenvalue weighted by molar-refractivity contribution is 7.15. The van der Waals surface area contributed by atoms with Crippen molar-refractivity contribution < 1.29 is 27.8 Å². The number of benzene rings is 1. The highest BCUT2D eigenvalue weighted by Crippen LogP contribution is 2.33. The Bertz CT molecular complexity index is 641. The zero-order valence-electron chi connectivity index (χ0n) is 12.2. The first-order valence-corrected chi connectivity index (χ1v) is 7.20. The molecule has 6 nitrogen and oxygen atoms in total. The van der Waals surface area contributed by atoms with Crippen LogP contribution in [0.2, 0.25) is 0 Å². The van der Waals surface area contributed by atoms with Crippen LogP contribution in [0, 0.1) is 0 Å². The summed E-state index contributed by atoms with van der Waals surface area (Å²) in [6.07, 6.45) is -5.52. The van der Waals surface area contributed by atoms with E-state index >= 15 is 0 Å². The van der Waals surface area contributed by atoms with Gasteiger partial charge in [-0.15, -0.1) is 10.2 Å². The Kier molecular flexibility index (Phi) is 5.26. The number of anilines is 1. The maximum Gasteiger partial charge on any atom is 0.445 e. The minimum Gasteiger partial charge on any atom is -0.497 e. The van der Waals surface area contributed by atoms with Crippen LogP contribution < -0.4 is 14.8 Å². The molecular weight excluding hydrogens is 335 g/mol. The van der Waals surface area contributed by atoms with E-state index in [-0.39, 0.29) is 11.7 Å². The maximum absolute atomic E-state index is 12.4. The molecule has 1 heterocycles. The van der Waals surface area contributed by atoms with Gasteiger partial charge in [-0.05, 0) is 17.7 Å². The number of hydrogen-bond acceptors (Lipinski definition) is 7. The third-order valence-electron chi connectivity index (χ3n) is 2.87. The van der Waals surface area contributed by atoms with Gasteiger partial charge in [-0.1, -0.05) is 11.3 Å². The van der Waals surface area contributed by atoms with Gasteiger partial charge in [0.2, 0.25) is 10.1 Å². The summed E-state index contributed by atoms with van der Waals surface area (Å²) in [5, 5.41) is 18.2. The van der Waals surface area contributed by atoms with Crippen molar-refractivity contribution in [2.24, 2.45) is 0 Å². The van der Waals surface area contributed by atoms with E-state index in [0.29, 0.717) is 28.4 Å². The van der Waals surface area contributed by atoms with E-state index in [1.807, 2.05) is 0 Å². The fourth-order valence-corrected chi connectivity index (χ4v) is 2.35. The topological polar surface area (TPSA) is 76.5 Å². The van der Waals surface area contributed by atoms with Crippen LogP contribution >= 0.6 is 11.3 Å². The highest BCUT2D eigenvalue weighted by atomic mass is 32.1. The van der Waals surface area contributed by atoms with Crippen LogP contribution in [0.3, 0.4) is 0 Å². The number of methoxy groups -OCH3 is 2. The maximum atomic E-state index is 12.4. The lowest BCUT2D eigenvalue weighted by Gasteiger charge is -2.14. The highest BCUT2D eigenvalue weighted by Gasteiger charge is 2.35. The summed E-state index contributed by atoms with van der Waals surface area (Å²) in [5.74, 6) is 0.988. The molecule has 10 heteroatoms. The summed E-state index contributed by atoms with van der Waals surface area (Å²) in [6, 6.07) is 4.86. The summed E-state index contributed by atoms with van der Waals surface area (Å²) in [5.41, 5.74) is 0.495. The Morgan fingerprint density at radius 2 is 1.78 bits per heavy atom. The third kappa shape index (κ3) is 4.45. The minimum atomic E-state index is -4.53. The fraction of sp³-hybridized carbons (Fsp3) is 0.385. The van der Waals surface area contributed by atoms with Crippen molar-refractivity contribution in [1.82, 2.24) is 10.2 Å². The molecule has 1 aromatic heterocycles. The van der Waals surface area contributed by atoms with Crippen LogP contribution in [0.15, 0.2) is 18.2 Å². The summed E-state index contributed by atoms with van der Waals surface area (Å²) >= 11 is 0.373. The Morgan fingerprint density at radius 1 is 1.17 bits per heavy atom. The molecule has 1 atom stereocenters. The van der Waals surface area contributed by atoms with Crippen LogP contribution in [0.1, 0.15) is 16.7 Å². The van der Waals surface area contributed by atoms with Crippen molar-refractivity contribution in [3.63, 3.8) is 0 Å². The Labute approximate surface area is 133 Å². The third-order valence-corrected chi connectivity index (χ3v) is 3.80. The first kappa shape index (κ1) is 17.3. The van der Waals surface area contributed by atoms with Gasteiger partial charge in [-0.3, -0.25) is 0 Å². The van der Waals surface area contributed by atoms with Crippen molar-refractivity contribution >= 4 is 16.5 Å². The number of ether oxygens (including phenoxy) is 2. The molecule has 2 rings (SSSR count). The average Bonchev–Trinajstić information content (AvgIpc) is 3.01. The number of alkyl halides is 3. The second-order valence-electron chi connectivity index (χ2n) is 4.45. The van der Waals surface area contributed by atoms with Crippen LogP contribution in [0.5, 0.6) is 11.5 Å². The monoisotopic (exact) mass is 349 g/mol. The van der Waals surface area contributed by atoms with Crippen LogP contribution in [0.25, 0.3) is 0 Å². The second kappa shape index (κ2) is 7.01. The molecule has 0 bridgehead atoms. The first-order valence-electron chi connectivity index (χ1n) is 6.39. The van der Waals surface area contributed by atoms with Crippen molar-refractivity contribution in [3.05, 3.63) is 28.8 Å². The summed E-state index contributed by atoms with van der Waals surface area (Å²) in [6.45, 7) is -0.0389. The Balaban J connectivity index is 2.04. The van der Waals surface area contributed by atoms with Gasteiger partial charge in [0.15, 0.2) is 0 Å². The van der Waals surface area contributed by atoms with Gasteiger partial charge in [0.1, 0.15) is 11.5 Å². The van der Waals surface area contributed by atoms with Crippen LogP contribution in [-0.2, 0) is 6.18 Å². The molecule has 1 unspecified atom stereocenters. The second-order valence-corrected chi connectivity index (χ2v) is 5.43. The molecule has 0 aliphatic carbocycles. The quantitative estimate of drug-likeness (QED) is 0.835. The van der Waals surface area contributed by atoms with Crippen LogP contribution in [0.4, 0.5) is 18.3 Å². The number of aromatic nitrogens is 2. The van der Waals surface area contributed by atoms with Gasteiger partial charge in [0, 0.05) is 12.6 Å². The standard InChI is InChI=1S/C13H14F3N3O3S/c1-21-8-3-7(4-9(5-8)22-2)10(20)6-17-12-19-18-11(23-12)13(14,15)16/h3-5,10,20H,6H2,1-2H3,(H,17,19). The molecule has 0 spiro atoms. The van der Waals surface area contributed by atoms with Crippen molar-refractivity contribution in [2.45, 2.75) is 12.3 Å². The number of nitrogens with zero attached hydrogens (tertiary/aromatic N) is 2. The molecule has 0 saturated heterocycles. The van der Waals surface area contributed by atoms with E-state index in [4.69, 9.17) is 9.47 Å². The van der Waals surface area contributed by atoms with Crippen molar-refractivity contribution in [1.29, 1.82) is 0 Å². The van der Waals surface area contributed by atoms with Gasteiger partial charge in [-0.2, -0.15) is 13.2 Å². The molecule has 0 aliphatic heterocycles. The predicted octanol–water partition coefficient (Wildman–Crippen LogP) is 2.72. The zero-order chi connectivity index (χ0) is 17.0. The SMILES string of the molecule is COc1cc(OC)cc(C(O)CNc2nnc(C(F)(F)F)s2)c1. The lowest BCUT2D eigenvalue weighted by atomic mass is 10.1. The van der Waals surface area contributed by atoms with E-state index in [0.717, 1.165) is 0 Å². The molecule has 0 amide bonds. The van der Waals surface area contributed by atoms with Crippen molar-refractivity contribution in [2.75, 3.05) is 26.1 Å². The molecule has 2 aromatic rings. The van der Waals surface area contributed by atoms with E-state index in [1.54, 1.807) is 18.2 Å². The van der Waals surface area contributed by atoms with Gasteiger partial charge >= 0.3 is 6.18 Å². The zero-order valence-corrected chi connectivity index (χ0v) is 13.0. The van der Waals surface area contributed by atoms with Gasteiger partial charge in [0.25, 0.3) is 0 Å². The fourth-order valence-electron chi connectivity index (χ4n) is 1.73. The lowest BCUT2D eigenvalue weighted by Crippen LogP contribution is -2.12. The Morgan fingerprint density at radius 3 is 2.26 bits per heavy atom. The normalized spacial score (nSPS) is 12.8. The molecule has 0 aliphatic rings. The minimum absolute atomic E-state index is 0.0220. The number of hydrogen-bond donors (Lipinski definition) is 2. The van der Waals surface area contributed by atoms with Gasteiger partial charge < -0.3 is 19.9 Å². The van der Waals surface area contributed by atoms with Gasteiger partial charge in [-0.25, -0.2) is 0 Å². The number of halogens is 3. The summed E-state index contributed by atoms with van der Waals surface area (Å²) in [4.78, 5) is 0. The molecule has 1 aromatic carbocycles. The average molecular weight is 349 g/mol. The number of aliphatic hydroxyl groups is 1. The molecule has 126 valence electrons. The molecule has 2 N–H and O–H groups in total. The number of rotatable bonds is 6. The molecule has 0 radical (unpaired) electrons. The first-order chi connectivity index (χ1) is 10.8. The molecule has 0 fully saturated rings. The smallest absolute Gasteiger partial charge is 0.445 e. The molecule has 0 saturated carbocycles. The van der Waals surface area contributed by atoms with E-state index in [2.05, 4.69) is 15.5 Å². The van der Waals surface area contributed by atoms with Gasteiger partial charge in [0.05, 0.1) is 20.3 Å². The van der Waals surface area contributed by atoms with E-state index in [1.165, 1.54) is 14.2 Å². The molecular formula is C13H14F3N3O3S. The predicted molar refractivity (Wildman–Crippen MR) is 77.9 cm³/mol. The van der Waals surface area contributed by atoms with E-state index in [9.17, 15) is 18.3 Å². The lowest BCUT2D eigenvalue weighted by molar-refractivity contribution is -0.138. The van der Waals surface area contributed by atoms with Crippen LogP contribution in [-0.4, -0.2) is 36.1 Å². The number of aliphatic hydroxyl groups excluding tert-OH is 1. The Hall–Kier alpha value is -2.07. The summed E-state index contributed by atoms with van der Waals surface area (Å²) in [7, 11) is 2.95.